The van der Waals surface area contributed by atoms with Crippen molar-refractivity contribution in [1.29, 1.82) is 0 Å². The maximum Gasteiger partial charge on any atom is 0.243 e. The van der Waals surface area contributed by atoms with E-state index in [1.807, 2.05) is 18.2 Å². The van der Waals surface area contributed by atoms with Crippen molar-refractivity contribution in [2.75, 3.05) is 11.9 Å². The van der Waals surface area contributed by atoms with Crippen molar-refractivity contribution < 1.29 is 13.2 Å². The number of hydrogen-bond donors (Lipinski definition) is 1. The zero-order valence-electron chi connectivity index (χ0n) is 15.3. The van der Waals surface area contributed by atoms with Crippen LogP contribution >= 0.6 is 23.2 Å². The lowest BCUT2D eigenvalue weighted by atomic mass is 10.2. The molecule has 0 radical (unpaired) electrons. The third kappa shape index (κ3) is 5.81. The summed E-state index contributed by atoms with van der Waals surface area (Å²) in [6, 6.07) is 21.6. The van der Waals surface area contributed by atoms with Crippen LogP contribution in [0.3, 0.4) is 0 Å². The lowest BCUT2D eigenvalue weighted by molar-refractivity contribution is -0.116. The van der Waals surface area contributed by atoms with Crippen LogP contribution in [0.15, 0.2) is 83.8 Å². The molecule has 3 aromatic carbocycles. The van der Waals surface area contributed by atoms with Gasteiger partial charge < -0.3 is 5.32 Å². The number of sulfonamides is 1. The van der Waals surface area contributed by atoms with E-state index in [1.165, 1.54) is 24.3 Å². The van der Waals surface area contributed by atoms with E-state index in [9.17, 15) is 13.2 Å². The fourth-order valence-electron chi connectivity index (χ4n) is 2.70. The Labute approximate surface area is 179 Å². The minimum Gasteiger partial charge on any atom is -0.325 e. The van der Waals surface area contributed by atoms with Gasteiger partial charge in [0.15, 0.2) is 0 Å². The molecule has 1 N–H and O–H groups in total. The topological polar surface area (TPSA) is 66.5 Å². The van der Waals surface area contributed by atoms with E-state index in [0.29, 0.717) is 15.7 Å². The summed E-state index contributed by atoms with van der Waals surface area (Å²) in [5.41, 5.74) is 1.26. The molecule has 0 aliphatic rings. The van der Waals surface area contributed by atoms with Gasteiger partial charge in [0.25, 0.3) is 0 Å². The van der Waals surface area contributed by atoms with Crippen molar-refractivity contribution in [2.45, 2.75) is 11.4 Å². The maximum atomic E-state index is 13.2. The lowest BCUT2D eigenvalue weighted by Crippen LogP contribution is -2.37. The van der Waals surface area contributed by atoms with Crippen molar-refractivity contribution in [3.05, 3.63) is 94.5 Å². The normalized spacial score (nSPS) is 11.4. The van der Waals surface area contributed by atoms with Gasteiger partial charge in [0.2, 0.25) is 15.9 Å². The standard InChI is InChI=1S/C21H18Cl2N2O3S/c22-17-9-11-20(12-10-17)29(27,28)25(14-16-5-2-1-3-6-16)15-21(26)24-19-8-4-7-18(23)13-19/h1-13H,14-15H2,(H,24,26). The molecule has 0 bridgehead atoms. The fraction of sp³-hybridized carbons (Fsp3) is 0.0952. The molecule has 3 aromatic rings. The zero-order chi connectivity index (χ0) is 20.9. The molecule has 0 unspecified atom stereocenters. The van der Waals surface area contributed by atoms with Gasteiger partial charge in [-0.25, -0.2) is 8.42 Å². The molecule has 0 fully saturated rings. The molecule has 0 spiro atoms. The Kier molecular flexibility index (Phi) is 6.92. The molecule has 29 heavy (non-hydrogen) atoms. The van der Waals surface area contributed by atoms with Gasteiger partial charge in [0.05, 0.1) is 11.4 Å². The van der Waals surface area contributed by atoms with Gasteiger partial charge in [-0.1, -0.05) is 59.6 Å². The molecule has 0 aliphatic heterocycles. The second-order valence-corrected chi connectivity index (χ2v) is 9.08. The van der Waals surface area contributed by atoms with Gasteiger partial charge in [0, 0.05) is 22.3 Å². The number of amides is 1. The SMILES string of the molecule is O=C(CN(Cc1ccccc1)S(=O)(=O)c1ccc(Cl)cc1)Nc1cccc(Cl)c1. The van der Waals surface area contributed by atoms with Crippen molar-refractivity contribution in [2.24, 2.45) is 0 Å². The Morgan fingerprint density at radius 1 is 0.862 bits per heavy atom. The first kappa shape index (κ1) is 21.3. The average molecular weight is 449 g/mol. The predicted octanol–water partition coefficient (Wildman–Crippen LogP) is 4.82. The van der Waals surface area contributed by atoms with Crippen LogP contribution in [0.4, 0.5) is 5.69 Å². The second-order valence-electron chi connectivity index (χ2n) is 6.27. The van der Waals surface area contributed by atoms with Crippen LogP contribution in [0.5, 0.6) is 0 Å². The molecular weight excluding hydrogens is 431 g/mol. The Bertz CT molecular complexity index is 1090. The van der Waals surface area contributed by atoms with E-state index < -0.39 is 15.9 Å². The van der Waals surface area contributed by atoms with Crippen LogP contribution in [-0.4, -0.2) is 25.2 Å². The summed E-state index contributed by atoms with van der Waals surface area (Å²) in [7, 11) is -3.92. The van der Waals surface area contributed by atoms with E-state index in [1.54, 1.807) is 36.4 Å². The Balaban J connectivity index is 1.86. The molecule has 0 saturated heterocycles. The van der Waals surface area contributed by atoms with Crippen LogP contribution < -0.4 is 5.32 Å². The van der Waals surface area contributed by atoms with Crippen molar-refractivity contribution in [1.82, 2.24) is 4.31 Å². The Hall–Kier alpha value is -2.38. The van der Waals surface area contributed by atoms with Crippen molar-refractivity contribution in [3.63, 3.8) is 0 Å². The number of nitrogens with zero attached hydrogens (tertiary/aromatic N) is 1. The number of nitrogens with one attached hydrogen (secondary N) is 1. The molecule has 1 amide bonds. The van der Waals surface area contributed by atoms with Crippen LogP contribution in [0.25, 0.3) is 0 Å². The molecular formula is C21H18Cl2N2O3S. The Morgan fingerprint density at radius 2 is 1.55 bits per heavy atom. The lowest BCUT2D eigenvalue weighted by Gasteiger charge is -2.22. The summed E-state index contributed by atoms with van der Waals surface area (Å²) in [5.74, 6) is -0.472. The van der Waals surface area contributed by atoms with E-state index in [2.05, 4.69) is 5.32 Å². The number of carbonyl (C=O) groups is 1. The van der Waals surface area contributed by atoms with Crippen molar-refractivity contribution >= 4 is 44.8 Å². The van der Waals surface area contributed by atoms with Crippen molar-refractivity contribution in [3.8, 4) is 0 Å². The average Bonchev–Trinajstić information content (AvgIpc) is 2.68. The first-order valence-electron chi connectivity index (χ1n) is 8.70. The number of benzene rings is 3. The molecule has 150 valence electrons. The summed E-state index contributed by atoms with van der Waals surface area (Å²) >= 11 is 11.8. The Morgan fingerprint density at radius 3 is 2.21 bits per heavy atom. The minimum absolute atomic E-state index is 0.0504. The van der Waals surface area contributed by atoms with Crippen LogP contribution in [0.2, 0.25) is 10.0 Å². The van der Waals surface area contributed by atoms with Gasteiger partial charge >= 0.3 is 0 Å². The number of anilines is 1. The van der Waals surface area contributed by atoms with E-state index >= 15 is 0 Å². The molecule has 5 nitrogen and oxygen atoms in total. The molecule has 0 atom stereocenters. The molecule has 8 heteroatoms. The molecule has 0 saturated carbocycles. The van der Waals surface area contributed by atoms with Crippen LogP contribution in [0.1, 0.15) is 5.56 Å². The summed E-state index contributed by atoms with van der Waals surface area (Å²) in [6.07, 6.45) is 0. The summed E-state index contributed by atoms with van der Waals surface area (Å²) < 4.78 is 27.5. The summed E-state index contributed by atoms with van der Waals surface area (Å²) in [5, 5.41) is 3.58. The smallest absolute Gasteiger partial charge is 0.243 e. The van der Waals surface area contributed by atoms with Gasteiger partial charge in [-0.05, 0) is 48.0 Å². The monoisotopic (exact) mass is 448 g/mol. The minimum atomic E-state index is -3.92. The van der Waals surface area contributed by atoms with E-state index in [4.69, 9.17) is 23.2 Å². The molecule has 0 aromatic heterocycles. The largest absolute Gasteiger partial charge is 0.325 e. The first-order valence-corrected chi connectivity index (χ1v) is 10.9. The van der Waals surface area contributed by atoms with Gasteiger partial charge in [-0.2, -0.15) is 4.31 Å². The molecule has 3 rings (SSSR count). The van der Waals surface area contributed by atoms with E-state index in [0.717, 1.165) is 9.87 Å². The second kappa shape index (κ2) is 9.41. The predicted molar refractivity (Wildman–Crippen MR) is 116 cm³/mol. The van der Waals surface area contributed by atoms with Gasteiger partial charge in [-0.15, -0.1) is 0 Å². The first-order chi connectivity index (χ1) is 13.8. The highest BCUT2D eigenvalue weighted by Gasteiger charge is 2.27. The fourth-order valence-corrected chi connectivity index (χ4v) is 4.40. The highest BCUT2D eigenvalue weighted by Crippen LogP contribution is 2.21. The molecule has 0 aliphatic carbocycles. The number of halogens is 2. The third-order valence-electron chi connectivity index (χ3n) is 4.08. The number of rotatable bonds is 7. The number of hydrogen-bond acceptors (Lipinski definition) is 3. The van der Waals surface area contributed by atoms with Crippen LogP contribution in [0, 0.1) is 0 Å². The summed E-state index contributed by atoms with van der Waals surface area (Å²) in [4.78, 5) is 12.6. The molecule has 0 heterocycles. The third-order valence-corrected chi connectivity index (χ3v) is 6.37. The quantitative estimate of drug-likeness (QED) is 0.562. The maximum absolute atomic E-state index is 13.2. The van der Waals surface area contributed by atoms with E-state index in [-0.39, 0.29) is 18.0 Å². The van der Waals surface area contributed by atoms with Crippen LogP contribution in [-0.2, 0) is 21.4 Å². The zero-order valence-corrected chi connectivity index (χ0v) is 17.6. The van der Waals surface area contributed by atoms with Gasteiger partial charge in [0.1, 0.15) is 0 Å². The number of carbonyl (C=O) groups excluding carboxylic acids is 1. The van der Waals surface area contributed by atoms with Gasteiger partial charge in [-0.3, -0.25) is 4.79 Å². The highest BCUT2D eigenvalue weighted by molar-refractivity contribution is 7.89. The summed E-state index contributed by atoms with van der Waals surface area (Å²) in [6.45, 7) is -0.304. The highest BCUT2D eigenvalue weighted by atomic mass is 35.5.